The largest absolute Gasteiger partial charge is 0.337 e. The maximum absolute atomic E-state index is 12.1. The van der Waals surface area contributed by atoms with Gasteiger partial charge < -0.3 is 14.8 Å². The van der Waals surface area contributed by atoms with Gasteiger partial charge in [0.25, 0.3) is 10.0 Å². The standard InChI is InChI=1S/C13H23N5O3S.ClH/c1-10-8-14-6-7-18(10)13(19)4-5-15-22(20,21)12-9-17(3)11(2)16-12;/h9-10,14-15H,4-8H2,1-3H3;1H/t10-;/m1./s1. The van der Waals surface area contributed by atoms with Gasteiger partial charge in [-0.05, 0) is 13.8 Å². The Labute approximate surface area is 143 Å². The summed E-state index contributed by atoms with van der Waals surface area (Å²) in [4.78, 5) is 17.9. The Kier molecular flexibility index (Phi) is 7.00. The SMILES string of the molecule is Cc1nc(S(=O)(=O)NCCC(=O)N2CCNC[C@H]2C)cn1C.Cl. The Morgan fingerprint density at radius 1 is 1.52 bits per heavy atom. The number of aryl methyl sites for hydroxylation is 2. The molecule has 8 nitrogen and oxygen atoms in total. The number of sulfonamides is 1. The van der Waals surface area contributed by atoms with Crippen LogP contribution in [-0.2, 0) is 21.9 Å². The molecule has 0 spiro atoms. The van der Waals surface area contributed by atoms with Crippen LogP contribution >= 0.6 is 12.4 Å². The number of hydrogen-bond donors (Lipinski definition) is 2. The van der Waals surface area contributed by atoms with Crippen LogP contribution in [0.5, 0.6) is 0 Å². The van der Waals surface area contributed by atoms with E-state index < -0.39 is 10.0 Å². The van der Waals surface area contributed by atoms with Crippen LogP contribution in [0, 0.1) is 6.92 Å². The van der Waals surface area contributed by atoms with Gasteiger partial charge in [0.05, 0.1) is 0 Å². The summed E-state index contributed by atoms with van der Waals surface area (Å²) in [6.45, 7) is 5.98. The van der Waals surface area contributed by atoms with Crippen molar-refractivity contribution in [2.45, 2.75) is 31.3 Å². The first kappa shape index (κ1) is 19.9. The maximum atomic E-state index is 12.1. The molecule has 2 N–H and O–H groups in total. The third kappa shape index (κ3) is 4.90. The third-order valence-corrected chi connectivity index (χ3v) is 5.15. The van der Waals surface area contributed by atoms with E-state index in [0.29, 0.717) is 12.4 Å². The molecule has 23 heavy (non-hydrogen) atoms. The smallest absolute Gasteiger partial charge is 0.259 e. The average molecular weight is 366 g/mol. The fourth-order valence-corrected chi connectivity index (χ4v) is 3.45. The van der Waals surface area contributed by atoms with Crippen LogP contribution in [0.15, 0.2) is 11.2 Å². The minimum atomic E-state index is -3.67. The Bertz CT molecular complexity index is 627. The van der Waals surface area contributed by atoms with E-state index in [1.54, 1.807) is 23.4 Å². The fourth-order valence-electron chi connectivity index (χ4n) is 2.38. The number of carbonyl (C=O) groups excluding carboxylic acids is 1. The number of nitrogens with one attached hydrogen (secondary N) is 2. The van der Waals surface area contributed by atoms with Crippen LogP contribution in [0.25, 0.3) is 0 Å². The highest BCUT2D eigenvalue weighted by molar-refractivity contribution is 7.89. The van der Waals surface area contributed by atoms with Gasteiger partial charge in [-0.25, -0.2) is 18.1 Å². The lowest BCUT2D eigenvalue weighted by Gasteiger charge is -2.34. The van der Waals surface area contributed by atoms with Gasteiger partial charge in [-0.2, -0.15) is 0 Å². The van der Waals surface area contributed by atoms with Crippen molar-refractivity contribution in [3.63, 3.8) is 0 Å². The van der Waals surface area contributed by atoms with Gasteiger partial charge in [-0.3, -0.25) is 4.79 Å². The summed E-state index contributed by atoms with van der Waals surface area (Å²) in [5.74, 6) is 0.583. The molecule has 1 amide bonds. The second-order valence-corrected chi connectivity index (χ2v) is 7.24. The Morgan fingerprint density at radius 2 is 2.22 bits per heavy atom. The molecular weight excluding hydrogens is 342 g/mol. The molecular formula is C13H24ClN5O3S. The predicted molar refractivity (Wildman–Crippen MR) is 89.0 cm³/mol. The number of rotatable bonds is 5. The van der Waals surface area contributed by atoms with Crippen molar-refractivity contribution < 1.29 is 13.2 Å². The first-order valence-corrected chi connectivity index (χ1v) is 8.79. The molecule has 132 valence electrons. The number of aromatic nitrogens is 2. The molecule has 1 aliphatic heterocycles. The van der Waals surface area contributed by atoms with Gasteiger partial charge in [0.1, 0.15) is 5.82 Å². The van der Waals surface area contributed by atoms with Crippen molar-refractivity contribution in [3.8, 4) is 0 Å². The van der Waals surface area contributed by atoms with Gasteiger partial charge >= 0.3 is 0 Å². The minimum Gasteiger partial charge on any atom is -0.337 e. The van der Waals surface area contributed by atoms with Gasteiger partial charge in [-0.15, -0.1) is 12.4 Å². The highest BCUT2D eigenvalue weighted by Gasteiger charge is 2.23. The monoisotopic (exact) mass is 365 g/mol. The molecule has 1 aliphatic rings. The summed E-state index contributed by atoms with van der Waals surface area (Å²) >= 11 is 0. The molecule has 1 aromatic rings. The van der Waals surface area contributed by atoms with Gasteiger partial charge in [0.15, 0.2) is 5.03 Å². The number of carbonyl (C=O) groups is 1. The Hall–Kier alpha value is -1.16. The van der Waals surface area contributed by atoms with Crippen LogP contribution in [0.4, 0.5) is 0 Å². The van der Waals surface area contributed by atoms with Crippen molar-refractivity contribution in [2.75, 3.05) is 26.2 Å². The number of imidazole rings is 1. The summed E-state index contributed by atoms with van der Waals surface area (Å²) in [7, 11) is -1.93. The first-order valence-electron chi connectivity index (χ1n) is 7.31. The maximum Gasteiger partial charge on any atom is 0.259 e. The molecule has 0 unspecified atom stereocenters. The molecule has 1 saturated heterocycles. The lowest BCUT2D eigenvalue weighted by molar-refractivity contribution is -0.133. The van der Waals surface area contributed by atoms with Crippen molar-refractivity contribution in [1.82, 2.24) is 24.5 Å². The zero-order chi connectivity index (χ0) is 16.3. The molecule has 10 heteroatoms. The first-order chi connectivity index (χ1) is 10.3. The molecule has 1 fully saturated rings. The van der Waals surface area contributed by atoms with Crippen LogP contribution in [0.2, 0.25) is 0 Å². The quantitative estimate of drug-likeness (QED) is 0.742. The van der Waals surface area contributed by atoms with Crippen LogP contribution in [-0.4, -0.2) is 61.0 Å². The Balaban J connectivity index is 0.00000264. The molecule has 0 aromatic carbocycles. The summed E-state index contributed by atoms with van der Waals surface area (Å²) < 4.78 is 28.3. The van der Waals surface area contributed by atoms with Crippen LogP contribution < -0.4 is 10.0 Å². The Morgan fingerprint density at radius 3 is 2.78 bits per heavy atom. The van der Waals surface area contributed by atoms with E-state index in [4.69, 9.17) is 0 Å². The van der Waals surface area contributed by atoms with E-state index in [9.17, 15) is 13.2 Å². The third-order valence-electron chi connectivity index (χ3n) is 3.81. The molecule has 0 bridgehead atoms. The predicted octanol–water partition coefficient (Wildman–Crippen LogP) is -0.361. The molecule has 0 saturated carbocycles. The summed E-state index contributed by atoms with van der Waals surface area (Å²) in [6.07, 6.45) is 1.60. The number of piperazine rings is 1. The van der Waals surface area contributed by atoms with Crippen molar-refractivity contribution in [1.29, 1.82) is 0 Å². The normalized spacial score (nSPS) is 18.6. The highest BCUT2D eigenvalue weighted by atomic mass is 35.5. The number of hydrogen-bond acceptors (Lipinski definition) is 5. The molecule has 1 aromatic heterocycles. The van der Waals surface area contributed by atoms with Gasteiger partial charge in [0.2, 0.25) is 5.91 Å². The van der Waals surface area contributed by atoms with Crippen molar-refractivity contribution >= 4 is 28.3 Å². The highest BCUT2D eigenvalue weighted by Crippen LogP contribution is 2.08. The fraction of sp³-hybridized carbons (Fsp3) is 0.692. The lowest BCUT2D eigenvalue weighted by atomic mass is 10.2. The van der Waals surface area contributed by atoms with Crippen molar-refractivity contribution in [2.24, 2.45) is 7.05 Å². The second kappa shape index (κ2) is 8.09. The number of nitrogens with zero attached hydrogens (tertiary/aromatic N) is 3. The van der Waals surface area contributed by atoms with Crippen molar-refractivity contribution in [3.05, 3.63) is 12.0 Å². The lowest BCUT2D eigenvalue weighted by Crippen LogP contribution is -2.52. The molecule has 1 atom stereocenters. The number of amides is 1. The average Bonchev–Trinajstić information content (AvgIpc) is 2.80. The van der Waals surface area contributed by atoms with Gasteiger partial charge in [0, 0.05) is 51.9 Å². The minimum absolute atomic E-state index is 0. The van der Waals surface area contributed by atoms with Gasteiger partial charge in [-0.1, -0.05) is 0 Å². The van der Waals surface area contributed by atoms with E-state index in [1.807, 2.05) is 6.92 Å². The van der Waals surface area contributed by atoms with E-state index in [0.717, 1.165) is 13.1 Å². The van der Waals surface area contributed by atoms with E-state index >= 15 is 0 Å². The molecule has 0 radical (unpaired) electrons. The molecule has 0 aliphatic carbocycles. The van der Waals surface area contributed by atoms with E-state index in [2.05, 4.69) is 15.0 Å². The topological polar surface area (TPSA) is 96.3 Å². The molecule has 2 heterocycles. The molecule has 2 rings (SSSR count). The zero-order valence-electron chi connectivity index (χ0n) is 13.6. The zero-order valence-corrected chi connectivity index (χ0v) is 15.2. The van der Waals surface area contributed by atoms with E-state index in [1.165, 1.54) is 6.20 Å². The summed E-state index contributed by atoms with van der Waals surface area (Å²) in [5, 5.41) is 3.19. The van der Waals surface area contributed by atoms with Crippen LogP contribution in [0.1, 0.15) is 19.2 Å². The van der Waals surface area contributed by atoms with Crippen LogP contribution in [0.3, 0.4) is 0 Å². The summed E-state index contributed by atoms with van der Waals surface area (Å²) in [5.41, 5.74) is 0. The van der Waals surface area contributed by atoms with E-state index in [-0.39, 0.29) is 42.3 Å². The second-order valence-electron chi connectivity index (χ2n) is 5.53. The summed E-state index contributed by atoms with van der Waals surface area (Å²) in [6, 6.07) is 0.135. The number of halogens is 1.